The summed E-state index contributed by atoms with van der Waals surface area (Å²) in [5.74, 6) is 0.617. The zero-order valence-corrected chi connectivity index (χ0v) is 24.3. The van der Waals surface area contributed by atoms with Gasteiger partial charge in [-0.05, 0) is 32.8 Å². The van der Waals surface area contributed by atoms with Crippen molar-refractivity contribution in [2.24, 2.45) is 11.1 Å². The maximum Gasteiger partial charge on any atom is 0.274 e. The van der Waals surface area contributed by atoms with E-state index in [1.807, 2.05) is 26.1 Å². The number of hydrogen-bond donors (Lipinski definition) is 3. The molecule has 6 rings (SSSR count). The molecule has 3 aromatic rings. The standard InChI is InChI=1S/C27H35ClN8O3S/c1-16-25(33-19(14-37)23(31-16)34-9-4-27(5-10-34)15-39-17(2)22(27)29)40-20-3-8-36-13-18(32-24(36)21(20)28)26(38)35-11-6-30-7-12-35/h3,8,13,17,22,30,37H,4-7,9-12,14-15,29H2,1-2H3/t17-,22+/m0/s1. The van der Waals surface area contributed by atoms with Crippen LogP contribution in [0.15, 0.2) is 28.4 Å². The Morgan fingerprint density at radius 3 is 2.67 bits per heavy atom. The van der Waals surface area contributed by atoms with Crippen molar-refractivity contribution in [2.45, 2.75) is 55.4 Å². The Bertz CT molecular complexity index is 1420. The number of fused-ring (bicyclic) bond motifs is 1. The molecule has 6 heterocycles. The van der Waals surface area contributed by atoms with Crippen LogP contribution in [0.5, 0.6) is 0 Å². The number of aromatic nitrogens is 4. The van der Waals surface area contributed by atoms with Crippen LogP contribution in [-0.4, -0.2) is 93.3 Å². The molecule has 2 atom stereocenters. The first kappa shape index (κ1) is 27.7. The van der Waals surface area contributed by atoms with E-state index in [4.69, 9.17) is 32.0 Å². The maximum atomic E-state index is 13.0. The van der Waals surface area contributed by atoms with Gasteiger partial charge in [-0.15, -0.1) is 0 Å². The SMILES string of the molecule is Cc1nc(N2CCC3(CC2)CO[C@@H](C)[C@H]3N)c(CO)nc1Sc1ccn2cc(C(=O)N3CCNCC3)nc2c1Cl. The van der Waals surface area contributed by atoms with Gasteiger partial charge in [0, 0.05) is 68.0 Å². The number of aliphatic hydroxyl groups is 1. The minimum Gasteiger partial charge on any atom is -0.390 e. The maximum absolute atomic E-state index is 13.0. The van der Waals surface area contributed by atoms with Crippen molar-refractivity contribution in [2.75, 3.05) is 50.8 Å². The van der Waals surface area contributed by atoms with E-state index >= 15 is 0 Å². The van der Waals surface area contributed by atoms with Crippen molar-refractivity contribution in [3.63, 3.8) is 0 Å². The van der Waals surface area contributed by atoms with E-state index in [0.717, 1.165) is 49.6 Å². The van der Waals surface area contributed by atoms with Crippen molar-refractivity contribution in [3.05, 3.63) is 40.6 Å². The fourth-order valence-corrected chi connectivity index (χ4v) is 7.12. The molecule has 0 unspecified atom stereocenters. The number of rotatable bonds is 5. The molecule has 0 bridgehead atoms. The number of aryl methyl sites for hydroxylation is 1. The summed E-state index contributed by atoms with van der Waals surface area (Å²) in [6.45, 7) is 8.87. The average Bonchev–Trinajstić information content (AvgIpc) is 3.54. The van der Waals surface area contributed by atoms with Crippen LogP contribution in [0.4, 0.5) is 5.82 Å². The monoisotopic (exact) mass is 586 g/mol. The van der Waals surface area contributed by atoms with Crippen LogP contribution in [0.2, 0.25) is 5.02 Å². The fraction of sp³-hybridized carbons (Fsp3) is 0.556. The molecule has 0 aliphatic carbocycles. The number of carbonyl (C=O) groups is 1. The van der Waals surface area contributed by atoms with Crippen LogP contribution in [-0.2, 0) is 11.3 Å². The second-order valence-corrected chi connectivity index (χ2v) is 12.3. The molecule has 1 amide bonds. The summed E-state index contributed by atoms with van der Waals surface area (Å²) in [5.41, 5.74) is 8.67. The molecule has 0 aromatic carbocycles. The Morgan fingerprint density at radius 1 is 1.25 bits per heavy atom. The first-order chi connectivity index (χ1) is 19.3. The number of nitrogens with zero attached hydrogens (tertiary/aromatic N) is 6. The summed E-state index contributed by atoms with van der Waals surface area (Å²) in [7, 11) is 0. The molecule has 0 radical (unpaired) electrons. The molecule has 40 heavy (non-hydrogen) atoms. The predicted octanol–water partition coefficient (Wildman–Crippen LogP) is 2.11. The van der Waals surface area contributed by atoms with Gasteiger partial charge in [0.05, 0.1) is 30.0 Å². The van der Waals surface area contributed by atoms with Gasteiger partial charge in [0.15, 0.2) is 11.5 Å². The van der Waals surface area contributed by atoms with Crippen molar-refractivity contribution in [1.82, 2.24) is 29.6 Å². The van der Waals surface area contributed by atoms with Crippen LogP contribution in [0.25, 0.3) is 5.65 Å². The first-order valence-electron chi connectivity index (χ1n) is 13.8. The second-order valence-electron chi connectivity index (χ2n) is 10.9. The third-order valence-electron chi connectivity index (χ3n) is 8.49. The normalized spacial score (nSPS) is 22.9. The molecule has 1 spiro atoms. The molecule has 3 aliphatic heterocycles. The molecule has 3 saturated heterocycles. The number of amides is 1. The van der Waals surface area contributed by atoms with Gasteiger partial charge in [-0.25, -0.2) is 15.0 Å². The van der Waals surface area contributed by atoms with Gasteiger partial charge in [-0.1, -0.05) is 23.4 Å². The Morgan fingerprint density at radius 2 is 2.00 bits per heavy atom. The number of carbonyl (C=O) groups excluding carboxylic acids is 1. The molecule has 11 nitrogen and oxygen atoms in total. The van der Waals surface area contributed by atoms with Crippen molar-refractivity contribution in [1.29, 1.82) is 0 Å². The van der Waals surface area contributed by atoms with E-state index in [1.54, 1.807) is 15.5 Å². The van der Waals surface area contributed by atoms with Gasteiger partial charge in [0.2, 0.25) is 0 Å². The summed E-state index contributed by atoms with van der Waals surface area (Å²) in [6, 6.07) is 1.92. The summed E-state index contributed by atoms with van der Waals surface area (Å²) in [4.78, 5) is 32.0. The topological polar surface area (TPSA) is 134 Å². The van der Waals surface area contributed by atoms with Crippen LogP contribution < -0.4 is 16.0 Å². The fourth-order valence-electron chi connectivity index (χ4n) is 5.93. The van der Waals surface area contributed by atoms with Gasteiger partial charge in [0.1, 0.15) is 16.4 Å². The lowest BCUT2D eigenvalue weighted by atomic mass is 9.73. The number of imidazole rings is 1. The molecule has 214 valence electrons. The lowest BCUT2D eigenvalue weighted by Crippen LogP contribution is -2.51. The van der Waals surface area contributed by atoms with E-state index < -0.39 is 0 Å². The number of anilines is 1. The molecular formula is C27H35ClN8O3S. The van der Waals surface area contributed by atoms with Gasteiger partial charge < -0.3 is 35.1 Å². The number of pyridine rings is 1. The van der Waals surface area contributed by atoms with Gasteiger partial charge in [-0.3, -0.25) is 4.79 Å². The summed E-state index contributed by atoms with van der Waals surface area (Å²) in [6.07, 6.45) is 5.47. The number of halogens is 1. The largest absolute Gasteiger partial charge is 0.390 e. The lowest BCUT2D eigenvalue weighted by Gasteiger charge is -2.42. The highest BCUT2D eigenvalue weighted by Gasteiger charge is 2.47. The van der Waals surface area contributed by atoms with Crippen molar-refractivity contribution in [3.8, 4) is 0 Å². The Balaban J connectivity index is 1.21. The van der Waals surface area contributed by atoms with E-state index in [0.29, 0.717) is 52.6 Å². The smallest absolute Gasteiger partial charge is 0.274 e. The summed E-state index contributed by atoms with van der Waals surface area (Å²) < 4.78 is 7.63. The van der Waals surface area contributed by atoms with E-state index in [-0.39, 0.29) is 30.1 Å². The van der Waals surface area contributed by atoms with E-state index in [1.165, 1.54) is 11.8 Å². The third-order valence-corrected chi connectivity index (χ3v) is 10.1. The zero-order chi connectivity index (χ0) is 28.0. The van der Waals surface area contributed by atoms with Gasteiger partial charge in [-0.2, -0.15) is 0 Å². The van der Waals surface area contributed by atoms with Crippen molar-refractivity contribution >= 4 is 40.7 Å². The number of nitrogens with two attached hydrogens (primary N) is 1. The lowest BCUT2D eigenvalue weighted by molar-refractivity contribution is 0.0730. The van der Waals surface area contributed by atoms with Crippen LogP contribution in [0.1, 0.15) is 41.6 Å². The van der Waals surface area contributed by atoms with Crippen LogP contribution in [0, 0.1) is 12.3 Å². The minimum absolute atomic E-state index is 0.00522. The van der Waals surface area contributed by atoms with Gasteiger partial charge >= 0.3 is 0 Å². The highest BCUT2D eigenvalue weighted by Crippen LogP contribution is 2.42. The number of nitrogens with one attached hydrogen (secondary N) is 1. The predicted molar refractivity (Wildman–Crippen MR) is 153 cm³/mol. The molecule has 3 aliphatic rings. The first-order valence-corrected chi connectivity index (χ1v) is 14.9. The van der Waals surface area contributed by atoms with E-state index in [2.05, 4.69) is 15.2 Å². The Kier molecular flexibility index (Phi) is 7.66. The molecular weight excluding hydrogens is 552 g/mol. The van der Waals surface area contributed by atoms with Crippen molar-refractivity contribution < 1.29 is 14.6 Å². The number of hydrogen-bond acceptors (Lipinski definition) is 10. The summed E-state index contributed by atoms with van der Waals surface area (Å²) in [5, 5.41) is 14.6. The second kappa shape index (κ2) is 11.1. The molecule has 3 aromatic heterocycles. The molecule has 13 heteroatoms. The highest BCUT2D eigenvalue weighted by molar-refractivity contribution is 7.99. The third kappa shape index (κ3) is 4.94. The summed E-state index contributed by atoms with van der Waals surface area (Å²) >= 11 is 8.17. The number of piperazine rings is 1. The highest BCUT2D eigenvalue weighted by atomic mass is 35.5. The number of aliphatic hydroxyl groups excluding tert-OH is 1. The minimum atomic E-state index is -0.220. The Hall–Kier alpha value is -2.48. The van der Waals surface area contributed by atoms with Crippen LogP contribution in [0.3, 0.4) is 0 Å². The quantitative estimate of drug-likeness (QED) is 0.408. The zero-order valence-electron chi connectivity index (χ0n) is 22.8. The number of piperidine rings is 1. The van der Waals surface area contributed by atoms with Gasteiger partial charge in [0.25, 0.3) is 5.91 Å². The number of ether oxygens (including phenoxy) is 1. The molecule has 4 N–H and O–H groups in total. The molecule has 0 saturated carbocycles. The van der Waals surface area contributed by atoms with Crippen LogP contribution >= 0.6 is 23.4 Å². The average molecular weight is 587 g/mol. The Labute approximate surface area is 242 Å². The van der Waals surface area contributed by atoms with E-state index in [9.17, 15) is 9.90 Å². The molecule has 3 fully saturated rings.